The third kappa shape index (κ3) is 3.69. The Morgan fingerprint density at radius 1 is 1.12 bits per heavy atom. The van der Waals surface area contributed by atoms with E-state index < -0.39 is 23.8 Å². The molecular formula is C19H18F3NO2. The third-order valence-electron chi connectivity index (χ3n) is 4.52. The minimum atomic E-state index is -4.43. The van der Waals surface area contributed by atoms with Gasteiger partial charge in [0.25, 0.3) is 0 Å². The molecule has 6 heteroatoms. The number of fused-ring (bicyclic) bond motifs is 1. The van der Waals surface area contributed by atoms with Gasteiger partial charge in [-0.05, 0) is 29.2 Å². The minimum absolute atomic E-state index is 0.0315. The Morgan fingerprint density at radius 2 is 1.76 bits per heavy atom. The van der Waals surface area contributed by atoms with Crippen molar-refractivity contribution >= 4 is 5.97 Å². The zero-order chi connectivity index (χ0) is 18.0. The highest BCUT2D eigenvalue weighted by Gasteiger charge is 2.36. The van der Waals surface area contributed by atoms with Crippen LogP contribution in [0, 0.1) is 0 Å². The SMILES string of the molecule is COC(=O)C1Cc2ccccc2CN1Cc1ccccc1C(F)(F)F. The number of ether oxygens (including phenoxy) is 1. The standard InChI is InChI=1S/C19H18F3NO2/c1-25-18(24)17-10-13-6-2-3-7-14(13)11-23(17)12-15-8-4-5-9-16(15)19(20,21)22/h2-9,17H,10-12H2,1H3. The Kier molecular flexibility index (Phi) is 4.81. The van der Waals surface area contributed by atoms with E-state index >= 15 is 0 Å². The fraction of sp³-hybridized carbons (Fsp3) is 0.316. The van der Waals surface area contributed by atoms with Gasteiger partial charge >= 0.3 is 12.1 Å². The van der Waals surface area contributed by atoms with Gasteiger partial charge in [-0.2, -0.15) is 13.2 Å². The molecule has 132 valence electrons. The summed E-state index contributed by atoms with van der Waals surface area (Å²) >= 11 is 0. The van der Waals surface area contributed by atoms with Crippen LogP contribution in [0.3, 0.4) is 0 Å². The number of alkyl halides is 3. The lowest BCUT2D eigenvalue weighted by molar-refractivity contribution is -0.148. The van der Waals surface area contributed by atoms with Gasteiger partial charge in [0.05, 0.1) is 12.7 Å². The summed E-state index contributed by atoms with van der Waals surface area (Å²) in [6.45, 7) is 0.436. The minimum Gasteiger partial charge on any atom is -0.468 e. The number of hydrogen-bond acceptors (Lipinski definition) is 3. The summed E-state index contributed by atoms with van der Waals surface area (Å²) in [7, 11) is 1.30. The predicted octanol–water partition coefficient (Wildman–Crippen LogP) is 3.81. The molecule has 1 heterocycles. The number of hydrogen-bond donors (Lipinski definition) is 0. The summed E-state index contributed by atoms with van der Waals surface area (Å²) in [5, 5.41) is 0. The van der Waals surface area contributed by atoms with Crippen LogP contribution in [0.5, 0.6) is 0 Å². The average Bonchev–Trinajstić information content (AvgIpc) is 2.60. The van der Waals surface area contributed by atoms with E-state index in [4.69, 9.17) is 4.74 Å². The molecule has 0 saturated heterocycles. The molecule has 3 rings (SSSR count). The molecule has 0 saturated carbocycles. The first-order valence-electron chi connectivity index (χ1n) is 7.94. The lowest BCUT2D eigenvalue weighted by atomic mass is 9.93. The Hall–Kier alpha value is -2.34. The van der Waals surface area contributed by atoms with Crippen molar-refractivity contribution in [1.29, 1.82) is 0 Å². The molecule has 25 heavy (non-hydrogen) atoms. The van der Waals surface area contributed by atoms with Gasteiger partial charge < -0.3 is 4.74 Å². The fourth-order valence-corrected chi connectivity index (χ4v) is 3.27. The van der Waals surface area contributed by atoms with Crippen molar-refractivity contribution in [3.05, 3.63) is 70.8 Å². The predicted molar refractivity (Wildman–Crippen MR) is 86.6 cm³/mol. The zero-order valence-corrected chi connectivity index (χ0v) is 13.7. The van der Waals surface area contributed by atoms with E-state index in [1.54, 1.807) is 11.0 Å². The maximum absolute atomic E-state index is 13.3. The Morgan fingerprint density at radius 3 is 2.44 bits per heavy atom. The van der Waals surface area contributed by atoms with Gasteiger partial charge in [-0.25, -0.2) is 0 Å². The Balaban J connectivity index is 1.94. The van der Waals surface area contributed by atoms with Gasteiger partial charge in [-0.15, -0.1) is 0 Å². The molecular weight excluding hydrogens is 331 g/mol. The van der Waals surface area contributed by atoms with Gasteiger partial charge in [0, 0.05) is 13.1 Å². The van der Waals surface area contributed by atoms with Crippen molar-refractivity contribution in [3.8, 4) is 0 Å². The van der Waals surface area contributed by atoms with Crippen molar-refractivity contribution in [3.63, 3.8) is 0 Å². The lowest BCUT2D eigenvalue weighted by Crippen LogP contribution is -2.45. The van der Waals surface area contributed by atoms with Gasteiger partial charge in [0.15, 0.2) is 0 Å². The second-order valence-corrected chi connectivity index (χ2v) is 6.07. The number of benzene rings is 2. The second kappa shape index (κ2) is 6.88. The molecule has 0 amide bonds. The molecule has 0 spiro atoms. The maximum atomic E-state index is 13.3. The topological polar surface area (TPSA) is 29.5 Å². The average molecular weight is 349 g/mol. The van der Waals surface area contributed by atoms with Crippen LogP contribution in [0.4, 0.5) is 13.2 Å². The molecule has 2 aromatic carbocycles. The second-order valence-electron chi connectivity index (χ2n) is 6.07. The highest BCUT2D eigenvalue weighted by atomic mass is 19.4. The highest BCUT2D eigenvalue weighted by molar-refractivity contribution is 5.76. The Labute approximate surface area is 144 Å². The van der Waals surface area contributed by atoms with Crippen LogP contribution >= 0.6 is 0 Å². The van der Waals surface area contributed by atoms with Crippen LogP contribution in [-0.4, -0.2) is 24.0 Å². The molecule has 1 aliphatic heterocycles. The van der Waals surface area contributed by atoms with E-state index in [0.717, 1.165) is 17.2 Å². The molecule has 0 bridgehead atoms. The molecule has 0 aliphatic carbocycles. The summed E-state index contributed by atoms with van der Waals surface area (Å²) in [5.74, 6) is -0.431. The first-order valence-corrected chi connectivity index (χ1v) is 7.94. The van der Waals surface area contributed by atoms with Crippen LogP contribution in [-0.2, 0) is 35.2 Å². The molecule has 1 aliphatic rings. The molecule has 2 aromatic rings. The summed E-state index contributed by atoms with van der Waals surface area (Å²) in [5.41, 5.74) is 1.53. The van der Waals surface area contributed by atoms with E-state index in [-0.39, 0.29) is 12.1 Å². The van der Waals surface area contributed by atoms with E-state index in [1.165, 1.54) is 19.2 Å². The number of nitrogens with zero attached hydrogens (tertiary/aromatic N) is 1. The van der Waals surface area contributed by atoms with Crippen LogP contribution in [0.15, 0.2) is 48.5 Å². The van der Waals surface area contributed by atoms with Crippen molar-refractivity contribution in [2.75, 3.05) is 7.11 Å². The van der Waals surface area contributed by atoms with Crippen LogP contribution in [0.25, 0.3) is 0 Å². The maximum Gasteiger partial charge on any atom is 0.416 e. The number of rotatable bonds is 3. The van der Waals surface area contributed by atoms with E-state index in [0.29, 0.717) is 13.0 Å². The lowest BCUT2D eigenvalue weighted by Gasteiger charge is -2.35. The fourth-order valence-electron chi connectivity index (χ4n) is 3.27. The van der Waals surface area contributed by atoms with Gasteiger partial charge in [0.1, 0.15) is 6.04 Å². The molecule has 0 N–H and O–H groups in total. The quantitative estimate of drug-likeness (QED) is 0.790. The van der Waals surface area contributed by atoms with E-state index in [9.17, 15) is 18.0 Å². The largest absolute Gasteiger partial charge is 0.468 e. The number of carbonyl (C=O) groups is 1. The van der Waals surface area contributed by atoms with Crippen molar-refractivity contribution < 1.29 is 22.7 Å². The summed E-state index contributed by atoms with van der Waals surface area (Å²) in [6, 6.07) is 12.5. The summed E-state index contributed by atoms with van der Waals surface area (Å²) in [4.78, 5) is 13.9. The summed E-state index contributed by atoms with van der Waals surface area (Å²) in [6.07, 6.45) is -4.00. The molecule has 3 nitrogen and oxygen atoms in total. The number of halogens is 3. The smallest absolute Gasteiger partial charge is 0.416 e. The Bertz CT molecular complexity index is 773. The third-order valence-corrected chi connectivity index (χ3v) is 4.52. The van der Waals surface area contributed by atoms with Crippen LogP contribution < -0.4 is 0 Å². The van der Waals surface area contributed by atoms with Crippen LogP contribution in [0.2, 0.25) is 0 Å². The molecule has 1 atom stereocenters. The molecule has 0 fully saturated rings. The number of esters is 1. The van der Waals surface area contributed by atoms with Crippen molar-refractivity contribution in [2.24, 2.45) is 0 Å². The molecule has 0 radical (unpaired) electrons. The number of carbonyl (C=O) groups excluding carboxylic acids is 1. The van der Waals surface area contributed by atoms with Crippen molar-refractivity contribution in [1.82, 2.24) is 4.90 Å². The summed E-state index contributed by atoms with van der Waals surface area (Å²) < 4.78 is 44.6. The zero-order valence-electron chi connectivity index (χ0n) is 13.7. The van der Waals surface area contributed by atoms with Crippen LogP contribution in [0.1, 0.15) is 22.3 Å². The first-order chi connectivity index (χ1) is 11.9. The first kappa shape index (κ1) is 17.5. The normalized spacial score (nSPS) is 17.8. The highest BCUT2D eigenvalue weighted by Crippen LogP contribution is 2.34. The van der Waals surface area contributed by atoms with Gasteiger partial charge in [-0.3, -0.25) is 9.69 Å². The number of methoxy groups -OCH3 is 1. The van der Waals surface area contributed by atoms with Gasteiger partial charge in [0.2, 0.25) is 0 Å². The van der Waals surface area contributed by atoms with E-state index in [2.05, 4.69) is 0 Å². The molecule has 1 unspecified atom stereocenters. The van der Waals surface area contributed by atoms with E-state index in [1.807, 2.05) is 24.3 Å². The van der Waals surface area contributed by atoms with Crippen molar-refractivity contribution in [2.45, 2.75) is 31.7 Å². The monoisotopic (exact) mass is 349 g/mol. The van der Waals surface area contributed by atoms with Gasteiger partial charge in [-0.1, -0.05) is 42.5 Å². The molecule has 0 aromatic heterocycles.